The summed E-state index contributed by atoms with van der Waals surface area (Å²) in [6.45, 7) is -1.09. The van der Waals surface area contributed by atoms with Gasteiger partial charge in [-0.25, -0.2) is 4.79 Å². The molecule has 5 atom stereocenters. The van der Waals surface area contributed by atoms with E-state index in [-0.39, 0.29) is 25.8 Å². The quantitative estimate of drug-likeness (QED) is 0.0960. The van der Waals surface area contributed by atoms with E-state index in [1.165, 1.54) is 4.90 Å². The van der Waals surface area contributed by atoms with Crippen molar-refractivity contribution in [2.45, 2.75) is 68.7 Å². The minimum Gasteiger partial charge on any atom is -0.480 e. The number of rotatable bonds is 16. The second-order valence-corrected chi connectivity index (χ2v) is 9.66. The lowest BCUT2D eigenvalue weighted by Gasteiger charge is -2.30. The van der Waals surface area contributed by atoms with Crippen LogP contribution in [0.1, 0.15) is 37.7 Å². The minimum atomic E-state index is -1.62. The zero-order valence-electron chi connectivity index (χ0n) is 22.3. The lowest BCUT2D eigenvalue weighted by molar-refractivity contribution is -0.144. The van der Waals surface area contributed by atoms with Gasteiger partial charge in [0.25, 0.3) is 0 Å². The summed E-state index contributed by atoms with van der Waals surface area (Å²) in [5, 5.41) is 34.9. The van der Waals surface area contributed by atoms with Crippen LogP contribution in [0.25, 0.3) is 0 Å². The zero-order valence-corrected chi connectivity index (χ0v) is 22.3. The van der Waals surface area contributed by atoms with Gasteiger partial charge in [0.1, 0.15) is 24.2 Å². The van der Waals surface area contributed by atoms with Crippen molar-refractivity contribution in [3.63, 3.8) is 0 Å². The summed E-state index contributed by atoms with van der Waals surface area (Å²) in [5.74, 6) is -4.20. The van der Waals surface area contributed by atoms with Crippen LogP contribution in [0.4, 0.5) is 0 Å². The number of carbonyl (C=O) groups is 5. The number of unbranched alkanes of at least 4 members (excludes halogenated alkanes) is 1. The predicted molar refractivity (Wildman–Crippen MR) is 143 cm³/mol. The van der Waals surface area contributed by atoms with Gasteiger partial charge in [-0.1, -0.05) is 30.3 Å². The molecule has 1 fully saturated rings. The summed E-state index contributed by atoms with van der Waals surface area (Å²) in [4.78, 5) is 64.3. The van der Waals surface area contributed by atoms with Gasteiger partial charge in [-0.05, 0) is 50.6 Å². The zero-order chi connectivity index (χ0) is 29.7. The first kappa shape index (κ1) is 32.6. The number of aliphatic hydroxyl groups is 2. The largest absolute Gasteiger partial charge is 0.480 e. The molecule has 14 nitrogen and oxygen atoms in total. The highest BCUT2D eigenvalue weighted by Gasteiger charge is 2.39. The van der Waals surface area contributed by atoms with E-state index < -0.39 is 73.0 Å². The number of carboxylic acid groups (broad SMARTS) is 1. The molecule has 10 N–H and O–H groups in total. The van der Waals surface area contributed by atoms with E-state index in [0.29, 0.717) is 25.8 Å². The standard InChI is InChI=1S/C26H40N6O8/c27-11-5-4-9-18(29-22(35)17(28)13-16-7-2-1-3-8-16)25(38)32-12-6-10-21(32)24(37)30-19(14-33)23(36)31-20(15-34)26(39)40/h1-3,7-8,17-21,33-34H,4-6,9-15,27-28H2,(H,29,35)(H,30,37)(H,31,36)(H,39,40)/t17-,18-,19-,20-,21-/m0/s1. The molecule has 0 saturated carbocycles. The smallest absolute Gasteiger partial charge is 0.328 e. The summed E-state index contributed by atoms with van der Waals surface area (Å²) >= 11 is 0. The van der Waals surface area contributed by atoms with Crippen LogP contribution >= 0.6 is 0 Å². The molecule has 14 heteroatoms. The van der Waals surface area contributed by atoms with E-state index in [4.69, 9.17) is 21.7 Å². The van der Waals surface area contributed by atoms with Gasteiger partial charge < -0.3 is 47.6 Å². The maximum absolute atomic E-state index is 13.6. The molecule has 1 aromatic carbocycles. The van der Waals surface area contributed by atoms with Crippen LogP contribution in [0.15, 0.2) is 30.3 Å². The Morgan fingerprint density at radius 1 is 0.925 bits per heavy atom. The van der Waals surface area contributed by atoms with Crippen LogP contribution < -0.4 is 27.4 Å². The van der Waals surface area contributed by atoms with Crippen molar-refractivity contribution in [2.75, 3.05) is 26.3 Å². The van der Waals surface area contributed by atoms with E-state index in [1.54, 1.807) is 0 Å². The number of likely N-dealkylation sites (tertiary alicyclic amines) is 1. The lowest BCUT2D eigenvalue weighted by atomic mass is 10.0. The number of nitrogens with two attached hydrogens (primary N) is 2. The number of aliphatic hydroxyl groups excluding tert-OH is 2. The monoisotopic (exact) mass is 564 g/mol. The summed E-state index contributed by atoms with van der Waals surface area (Å²) in [5.41, 5.74) is 12.6. The molecule has 1 aliphatic heterocycles. The van der Waals surface area contributed by atoms with Crippen LogP contribution in [0, 0.1) is 0 Å². The maximum Gasteiger partial charge on any atom is 0.328 e. The fourth-order valence-corrected chi connectivity index (χ4v) is 4.41. The Balaban J connectivity index is 2.09. The molecule has 1 aromatic rings. The molecular weight excluding hydrogens is 524 g/mol. The fourth-order valence-electron chi connectivity index (χ4n) is 4.41. The van der Waals surface area contributed by atoms with Gasteiger partial charge in [-0.3, -0.25) is 19.2 Å². The Labute approximate surface area is 232 Å². The molecule has 0 bridgehead atoms. The fraction of sp³-hybridized carbons (Fsp3) is 0.577. The number of amides is 4. The molecule has 0 aromatic heterocycles. The first-order valence-corrected chi connectivity index (χ1v) is 13.3. The summed E-state index contributed by atoms with van der Waals surface area (Å²) in [6.07, 6.45) is 2.50. The van der Waals surface area contributed by atoms with Crippen LogP contribution in [0.2, 0.25) is 0 Å². The van der Waals surface area contributed by atoms with Crippen LogP contribution in [0.3, 0.4) is 0 Å². The Bertz CT molecular complexity index is 1010. The van der Waals surface area contributed by atoms with Gasteiger partial charge in [0.05, 0.1) is 19.3 Å². The van der Waals surface area contributed by atoms with Gasteiger partial charge in [0.2, 0.25) is 23.6 Å². The van der Waals surface area contributed by atoms with E-state index in [1.807, 2.05) is 35.6 Å². The minimum absolute atomic E-state index is 0.234. The van der Waals surface area contributed by atoms with E-state index in [0.717, 1.165) is 5.56 Å². The van der Waals surface area contributed by atoms with Gasteiger partial charge in [0, 0.05) is 6.54 Å². The second kappa shape index (κ2) is 16.5. The Hall–Kier alpha value is -3.59. The molecule has 0 aliphatic carbocycles. The van der Waals surface area contributed by atoms with Crippen molar-refractivity contribution in [3.05, 3.63) is 35.9 Å². The number of aliphatic carboxylic acids is 1. The number of carboxylic acids is 1. The lowest BCUT2D eigenvalue weighted by Crippen LogP contribution is -2.59. The van der Waals surface area contributed by atoms with E-state index >= 15 is 0 Å². The number of carbonyl (C=O) groups excluding carboxylic acids is 4. The predicted octanol–water partition coefficient (Wildman–Crippen LogP) is -2.80. The molecule has 1 saturated heterocycles. The number of hydrogen-bond donors (Lipinski definition) is 8. The molecular formula is C26H40N6O8. The van der Waals surface area contributed by atoms with Crippen LogP contribution in [0.5, 0.6) is 0 Å². The average Bonchev–Trinajstić information content (AvgIpc) is 3.44. The van der Waals surface area contributed by atoms with E-state index in [2.05, 4.69) is 10.6 Å². The molecule has 1 aliphatic rings. The first-order valence-electron chi connectivity index (χ1n) is 13.3. The van der Waals surface area contributed by atoms with E-state index in [9.17, 15) is 29.1 Å². The number of hydrogen-bond acceptors (Lipinski definition) is 9. The summed E-state index contributed by atoms with van der Waals surface area (Å²) < 4.78 is 0. The molecule has 1 heterocycles. The van der Waals surface area contributed by atoms with Crippen molar-refractivity contribution in [2.24, 2.45) is 11.5 Å². The Morgan fingerprint density at radius 3 is 2.17 bits per heavy atom. The maximum atomic E-state index is 13.6. The molecule has 4 amide bonds. The average molecular weight is 565 g/mol. The molecule has 222 valence electrons. The highest BCUT2D eigenvalue weighted by molar-refractivity contribution is 5.95. The first-order chi connectivity index (χ1) is 19.1. The van der Waals surface area contributed by atoms with Crippen molar-refractivity contribution >= 4 is 29.6 Å². The highest BCUT2D eigenvalue weighted by Crippen LogP contribution is 2.20. The topological polar surface area (TPSA) is 237 Å². The van der Waals surface area contributed by atoms with Crippen molar-refractivity contribution in [1.82, 2.24) is 20.9 Å². The molecule has 0 radical (unpaired) electrons. The van der Waals surface area contributed by atoms with Crippen LogP contribution in [-0.4, -0.2) is 106 Å². The summed E-state index contributed by atoms with van der Waals surface area (Å²) in [6, 6.07) is 3.25. The highest BCUT2D eigenvalue weighted by atomic mass is 16.4. The number of nitrogens with zero attached hydrogens (tertiary/aromatic N) is 1. The Morgan fingerprint density at radius 2 is 1.57 bits per heavy atom. The third-order valence-electron chi connectivity index (χ3n) is 6.65. The number of benzene rings is 1. The third kappa shape index (κ3) is 9.55. The van der Waals surface area contributed by atoms with Gasteiger partial charge in [-0.2, -0.15) is 0 Å². The van der Waals surface area contributed by atoms with Crippen LogP contribution in [-0.2, 0) is 30.4 Å². The normalized spacial score (nSPS) is 17.8. The van der Waals surface area contributed by atoms with Gasteiger partial charge in [0.15, 0.2) is 0 Å². The van der Waals surface area contributed by atoms with Crippen molar-refractivity contribution < 1.29 is 39.3 Å². The number of nitrogens with one attached hydrogen (secondary N) is 3. The van der Waals surface area contributed by atoms with Crippen molar-refractivity contribution in [3.8, 4) is 0 Å². The van der Waals surface area contributed by atoms with Gasteiger partial charge >= 0.3 is 5.97 Å². The van der Waals surface area contributed by atoms with Crippen molar-refractivity contribution in [1.29, 1.82) is 0 Å². The van der Waals surface area contributed by atoms with Gasteiger partial charge in [-0.15, -0.1) is 0 Å². The summed E-state index contributed by atoms with van der Waals surface area (Å²) in [7, 11) is 0. The molecule has 0 spiro atoms. The molecule has 0 unspecified atom stereocenters. The molecule has 2 rings (SSSR count). The second-order valence-electron chi connectivity index (χ2n) is 9.66. The molecule has 40 heavy (non-hydrogen) atoms. The Kier molecular flexibility index (Phi) is 13.5. The third-order valence-corrected chi connectivity index (χ3v) is 6.65. The SMILES string of the molecule is NCCCC[C@H](NC(=O)[C@@H](N)Cc1ccccc1)C(=O)N1CCC[C@H]1C(=O)N[C@@H](CO)C(=O)N[C@@H](CO)C(=O)O.